The number of carbonyl (C=O) groups excluding carboxylic acids is 1. The van der Waals surface area contributed by atoms with Gasteiger partial charge in [-0.25, -0.2) is 5.43 Å². The van der Waals surface area contributed by atoms with Gasteiger partial charge in [0.1, 0.15) is 0 Å². The zero-order valence-electron chi connectivity index (χ0n) is 14.8. The van der Waals surface area contributed by atoms with Crippen molar-refractivity contribution in [1.29, 1.82) is 0 Å². The van der Waals surface area contributed by atoms with Gasteiger partial charge in [-0.2, -0.15) is 5.10 Å². The van der Waals surface area contributed by atoms with Crippen molar-refractivity contribution in [2.75, 3.05) is 23.7 Å². The van der Waals surface area contributed by atoms with Crippen molar-refractivity contribution in [1.82, 2.24) is 5.43 Å². The van der Waals surface area contributed by atoms with Crippen molar-refractivity contribution in [3.8, 4) is 0 Å². The lowest BCUT2D eigenvalue weighted by Crippen LogP contribution is -2.21. The van der Waals surface area contributed by atoms with Crippen LogP contribution in [0.4, 0.5) is 5.69 Å². The van der Waals surface area contributed by atoms with E-state index in [1.807, 2.05) is 30.3 Å². The Labute approximate surface area is 154 Å². The minimum Gasteiger partial charge on any atom is -0.372 e. The Kier molecular flexibility index (Phi) is 8.05. The molecule has 0 unspecified atom stereocenters. The Morgan fingerprint density at radius 3 is 2.40 bits per heavy atom. The average Bonchev–Trinajstić information content (AvgIpc) is 2.65. The van der Waals surface area contributed by atoms with Crippen LogP contribution in [0.15, 0.2) is 59.7 Å². The summed E-state index contributed by atoms with van der Waals surface area (Å²) < 4.78 is 0. The van der Waals surface area contributed by atoms with Gasteiger partial charge in [0, 0.05) is 24.5 Å². The molecule has 0 atom stereocenters. The van der Waals surface area contributed by atoms with E-state index in [4.69, 9.17) is 0 Å². The summed E-state index contributed by atoms with van der Waals surface area (Å²) >= 11 is 1.58. The van der Waals surface area contributed by atoms with Crippen molar-refractivity contribution in [3.63, 3.8) is 0 Å². The number of hydrogen-bond donors (Lipinski definition) is 1. The molecule has 0 aliphatic heterocycles. The molecular formula is C20H25N3OS. The van der Waals surface area contributed by atoms with Crippen LogP contribution in [-0.4, -0.2) is 31.0 Å². The molecule has 4 nitrogen and oxygen atoms in total. The maximum atomic E-state index is 11.8. The van der Waals surface area contributed by atoms with E-state index in [0.29, 0.717) is 5.75 Å². The van der Waals surface area contributed by atoms with Gasteiger partial charge in [-0.15, -0.1) is 11.8 Å². The second-order valence-corrected chi connectivity index (χ2v) is 6.52. The fourth-order valence-corrected chi connectivity index (χ4v) is 3.19. The molecule has 1 N–H and O–H groups in total. The van der Waals surface area contributed by atoms with E-state index in [1.165, 1.54) is 11.3 Å². The molecule has 132 valence electrons. The molecular weight excluding hydrogens is 330 g/mol. The van der Waals surface area contributed by atoms with Gasteiger partial charge in [0.05, 0.1) is 12.0 Å². The summed E-state index contributed by atoms with van der Waals surface area (Å²) in [6.07, 6.45) is 1.67. The number of hydrazone groups is 1. The van der Waals surface area contributed by atoms with Gasteiger partial charge >= 0.3 is 0 Å². The summed E-state index contributed by atoms with van der Waals surface area (Å²) in [4.78, 5) is 14.1. The predicted octanol–water partition coefficient (Wildman–Crippen LogP) is 3.92. The molecule has 2 aromatic carbocycles. The molecule has 0 aliphatic rings. The maximum absolute atomic E-state index is 11.8. The Balaban J connectivity index is 1.73. The Morgan fingerprint density at radius 1 is 1.08 bits per heavy atom. The highest BCUT2D eigenvalue weighted by Crippen LogP contribution is 2.14. The van der Waals surface area contributed by atoms with Crippen LogP contribution < -0.4 is 10.3 Å². The number of benzene rings is 2. The van der Waals surface area contributed by atoms with Crippen LogP contribution in [0.25, 0.3) is 0 Å². The second kappa shape index (κ2) is 10.6. The van der Waals surface area contributed by atoms with Crippen LogP contribution in [0.3, 0.4) is 0 Å². The fourth-order valence-electron chi connectivity index (χ4n) is 2.41. The van der Waals surface area contributed by atoms with Gasteiger partial charge in [-0.05, 0) is 37.1 Å². The largest absolute Gasteiger partial charge is 0.372 e. The standard InChI is InChI=1S/C20H25N3OS/c1-3-23(4-2)19-12-10-17(11-13-19)14-21-22-20(24)16-25-15-18-8-6-5-7-9-18/h5-14H,3-4,15-16H2,1-2H3,(H,22,24). The lowest BCUT2D eigenvalue weighted by Gasteiger charge is -2.20. The van der Waals surface area contributed by atoms with Crippen molar-refractivity contribution in [3.05, 3.63) is 65.7 Å². The van der Waals surface area contributed by atoms with E-state index in [1.54, 1.807) is 18.0 Å². The Hall–Kier alpha value is -2.27. The number of carbonyl (C=O) groups is 1. The van der Waals surface area contributed by atoms with Crippen molar-refractivity contribution in [2.24, 2.45) is 5.10 Å². The summed E-state index contributed by atoms with van der Waals surface area (Å²) in [5.74, 6) is 1.13. The second-order valence-electron chi connectivity index (χ2n) is 5.54. The first kappa shape index (κ1) is 19.1. The van der Waals surface area contributed by atoms with Crippen LogP contribution in [-0.2, 0) is 10.5 Å². The zero-order valence-corrected chi connectivity index (χ0v) is 15.6. The van der Waals surface area contributed by atoms with Crippen molar-refractivity contribution in [2.45, 2.75) is 19.6 Å². The van der Waals surface area contributed by atoms with Crippen molar-refractivity contribution < 1.29 is 4.79 Å². The minimum absolute atomic E-state index is 0.0862. The van der Waals surface area contributed by atoms with Gasteiger partial charge in [-0.3, -0.25) is 4.79 Å². The highest BCUT2D eigenvalue weighted by atomic mass is 32.2. The molecule has 5 heteroatoms. The SMILES string of the molecule is CCN(CC)c1ccc(C=NNC(=O)CSCc2ccccc2)cc1. The molecule has 0 radical (unpaired) electrons. The molecule has 2 aromatic rings. The fraction of sp³-hybridized carbons (Fsp3) is 0.300. The van der Waals surface area contributed by atoms with E-state index in [-0.39, 0.29) is 5.91 Å². The van der Waals surface area contributed by atoms with E-state index in [2.05, 4.69) is 53.5 Å². The lowest BCUT2D eigenvalue weighted by molar-refractivity contribution is -0.118. The molecule has 0 bridgehead atoms. The first-order valence-electron chi connectivity index (χ1n) is 8.51. The van der Waals surface area contributed by atoms with E-state index in [9.17, 15) is 4.79 Å². The number of anilines is 1. The molecule has 2 rings (SSSR count). The van der Waals surface area contributed by atoms with E-state index >= 15 is 0 Å². The highest BCUT2D eigenvalue weighted by Gasteiger charge is 2.02. The van der Waals surface area contributed by atoms with Crippen LogP contribution >= 0.6 is 11.8 Å². The molecule has 0 saturated carbocycles. The topological polar surface area (TPSA) is 44.7 Å². The van der Waals surface area contributed by atoms with E-state index < -0.39 is 0 Å². The first-order chi connectivity index (χ1) is 12.2. The number of hydrogen-bond acceptors (Lipinski definition) is 4. The van der Waals surface area contributed by atoms with Gasteiger partial charge in [0.2, 0.25) is 5.91 Å². The molecule has 0 fully saturated rings. The average molecular weight is 356 g/mol. The number of thioether (sulfide) groups is 1. The van der Waals surface area contributed by atoms with Gasteiger partial charge in [0.25, 0.3) is 0 Å². The zero-order chi connectivity index (χ0) is 17.9. The third-order valence-corrected chi connectivity index (χ3v) is 4.77. The maximum Gasteiger partial charge on any atom is 0.250 e. The molecule has 0 aromatic heterocycles. The van der Waals surface area contributed by atoms with Gasteiger partial charge in [-0.1, -0.05) is 42.5 Å². The molecule has 0 heterocycles. The number of amides is 1. The number of rotatable bonds is 9. The lowest BCUT2D eigenvalue weighted by atomic mass is 10.2. The van der Waals surface area contributed by atoms with Crippen LogP contribution in [0, 0.1) is 0 Å². The smallest absolute Gasteiger partial charge is 0.250 e. The molecule has 0 spiro atoms. The third kappa shape index (κ3) is 6.63. The van der Waals surface area contributed by atoms with Crippen molar-refractivity contribution >= 4 is 29.6 Å². The van der Waals surface area contributed by atoms with E-state index in [0.717, 1.165) is 24.4 Å². The summed E-state index contributed by atoms with van der Waals surface area (Å²) in [5.41, 5.74) is 5.96. The molecule has 25 heavy (non-hydrogen) atoms. The predicted molar refractivity (Wildman–Crippen MR) is 108 cm³/mol. The molecule has 0 saturated heterocycles. The summed E-state index contributed by atoms with van der Waals surface area (Å²) in [6.45, 7) is 6.26. The van der Waals surface area contributed by atoms with Crippen LogP contribution in [0.1, 0.15) is 25.0 Å². The summed E-state index contributed by atoms with van der Waals surface area (Å²) in [5, 5.41) is 4.03. The number of nitrogens with one attached hydrogen (secondary N) is 1. The highest BCUT2D eigenvalue weighted by molar-refractivity contribution is 7.99. The number of nitrogens with zero attached hydrogens (tertiary/aromatic N) is 2. The third-order valence-electron chi connectivity index (χ3n) is 3.77. The van der Waals surface area contributed by atoms with Gasteiger partial charge in [0.15, 0.2) is 0 Å². The monoisotopic (exact) mass is 355 g/mol. The quantitative estimate of drug-likeness (QED) is 0.548. The normalized spacial score (nSPS) is 10.8. The first-order valence-corrected chi connectivity index (χ1v) is 9.67. The van der Waals surface area contributed by atoms with Crippen LogP contribution in [0.2, 0.25) is 0 Å². The van der Waals surface area contributed by atoms with Crippen LogP contribution in [0.5, 0.6) is 0 Å². The Bertz CT molecular complexity index is 667. The summed E-state index contributed by atoms with van der Waals surface area (Å²) in [6, 6.07) is 18.3. The Morgan fingerprint density at radius 2 is 1.76 bits per heavy atom. The molecule has 1 amide bonds. The van der Waals surface area contributed by atoms with Gasteiger partial charge < -0.3 is 4.90 Å². The molecule has 0 aliphatic carbocycles. The summed E-state index contributed by atoms with van der Waals surface area (Å²) in [7, 11) is 0. The minimum atomic E-state index is -0.0862.